The molecule has 158 valence electrons. The number of amides is 1. The first-order valence-corrected chi connectivity index (χ1v) is 9.91. The Morgan fingerprint density at radius 2 is 1.77 bits per heavy atom. The fourth-order valence-corrected chi connectivity index (χ4v) is 3.89. The maximum absolute atomic E-state index is 13.8. The monoisotopic (exact) mass is 437 g/mol. The lowest BCUT2D eigenvalue weighted by Gasteiger charge is -2.29. The van der Waals surface area contributed by atoms with Gasteiger partial charge in [-0.1, -0.05) is 30.7 Å². The van der Waals surface area contributed by atoms with E-state index in [1.807, 2.05) is 0 Å². The number of nitrogens with zero attached hydrogens (tertiary/aromatic N) is 3. The van der Waals surface area contributed by atoms with E-state index in [0.717, 1.165) is 18.9 Å². The molecule has 0 radical (unpaired) electrons. The van der Waals surface area contributed by atoms with Crippen molar-refractivity contribution in [2.24, 2.45) is 5.92 Å². The van der Waals surface area contributed by atoms with Crippen molar-refractivity contribution < 1.29 is 23.1 Å². The molecule has 0 saturated carbocycles. The molecular weight excluding hydrogens is 419 g/mol. The van der Waals surface area contributed by atoms with Crippen LogP contribution in [0.2, 0.25) is 5.02 Å². The summed E-state index contributed by atoms with van der Waals surface area (Å²) in [6.07, 6.45) is -3.05. The van der Waals surface area contributed by atoms with Crippen LogP contribution in [0.4, 0.5) is 13.2 Å². The molecule has 4 rings (SSSR count). The molecule has 0 aliphatic carbocycles. The molecule has 2 aromatic heterocycles. The lowest BCUT2D eigenvalue weighted by atomic mass is 9.99. The van der Waals surface area contributed by atoms with Gasteiger partial charge in [-0.2, -0.15) is 18.3 Å². The molecule has 1 saturated heterocycles. The van der Waals surface area contributed by atoms with Gasteiger partial charge in [-0.15, -0.1) is 0 Å². The van der Waals surface area contributed by atoms with E-state index in [-0.39, 0.29) is 27.5 Å². The van der Waals surface area contributed by atoms with E-state index in [2.05, 4.69) is 12.0 Å². The van der Waals surface area contributed by atoms with E-state index in [1.54, 1.807) is 4.90 Å². The first kappa shape index (κ1) is 20.5. The first-order chi connectivity index (χ1) is 14.1. The number of pyridine rings is 1. The lowest BCUT2D eigenvalue weighted by molar-refractivity contribution is -0.142. The predicted molar refractivity (Wildman–Crippen MR) is 107 cm³/mol. The summed E-state index contributed by atoms with van der Waals surface area (Å²) in [7, 11) is 0. The molecule has 3 heterocycles. The van der Waals surface area contributed by atoms with Crippen molar-refractivity contribution >= 4 is 23.0 Å². The van der Waals surface area contributed by atoms with E-state index >= 15 is 0 Å². The van der Waals surface area contributed by atoms with Gasteiger partial charge in [0.15, 0.2) is 5.69 Å². The molecule has 1 N–H and O–H groups in total. The molecule has 30 heavy (non-hydrogen) atoms. The van der Waals surface area contributed by atoms with E-state index in [9.17, 15) is 23.1 Å². The highest BCUT2D eigenvalue weighted by atomic mass is 35.5. The highest BCUT2D eigenvalue weighted by Crippen LogP contribution is 2.37. The molecule has 0 spiro atoms. The fourth-order valence-electron chi connectivity index (χ4n) is 3.64. The second-order valence-electron chi connectivity index (χ2n) is 7.61. The van der Waals surface area contributed by atoms with Crippen LogP contribution in [-0.2, 0) is 6.18 Å². The zero-order valence-electron chi connectivity index (χ0n) is 16.1. The van der Waals surface area contributed by atoms with Gasteiger partial charge < -0.3 is 10.0 Å². The van der Waals surface area contributed by atoms with Gasteiger partial charge in [-0.05, 0) is 54.2 Å². The predicted octanol–water partition coefficient (Wildman–Crippen LogP) is 5.25. The van der Waals surface area contributed by atoms with Gasteiger partial charge in [-0.3, -0.25) is 4.79 Å². The number of likely N-dealkylation sites (tertiary alicyclic amines) is 1. The quantitative estimate of drug-likeness (QED) is 0.595. The molecular formula is C21H19ClF3N3O2. The molecule has 0 unspecified atom stereocenters. The lowest BCUT2D eigenvalue weighted by Crippen LogP contribution is -2.38. The van der Waals surface area contributed by atoms with E-state index in [4.69, 9.17) is 11.6 Å². The van der Waals surface area contributed by atoms with Crippen LogP contribution in [0.1, 0.15) is 35.9 Å². The molecule has 1 aliphatic rings. The van der Waals surface area contributed by atoms with Crippen LogP contribution in [0.25, 0.3) is 16.6 Å². The number of hydrogen-bond donors (Lipinski definition) is 1. The van der Waals surface area contributed by atoms with Gasteiger partial charge in [0.1, 0.15) is 11.4 Å². The van der Waals surface area contributed by atoms with Crippen molar-refractivity contribution in [1.29, 1.82) is 0 Å². The number of aromatic nitrogens is 2. The average molecular weight is 438 g/mol. The van der Waals surface area contributed by atoms with Crippen molar-refractivity contribution in [2.75, 3.05) is 13.1 Å². The van der Waals surface area contributed by atoms with E-state index in [1.165, 1.54) is 30.3 Å². The third kappa shape index (κ3) is 3.71. The third-order valence-electron chi connectivity index (χ3n) is 5.44. The number of phenols is 1. The van der Waals surface area contributed by atoms with E-state index in [0.29, 0.717) is 29.1 Å². The number of phenolic OH excluding ortho intramolecular Hbond substituents is 1. The number of carbonyl (C=O) groups excluding carboxylic acids is 1. The van der Waals surface area contributed by atoms with Crippen LogP contribution in [0.5, 0.6) is 5.75 Å². The summed E-state index contributed by atoms with van der Waals surface area (Å²) >= 11 is 6.37. The molecule has 5 nitrogen and oxygen atoms in total. The summed E-state index contributed by atoms with van der Waals surface area (Å²) in [5.41, 5.74) is -0.488. The van der Waals surface area contributed by atoms with Crippen molar-refractivity contribution in [1.82, 2.24) is 14.5 Å². The van der Waals surface area contributed by atoms with Crippen molar-refractivity contribution in [2.45, 2.75) is 25.9 Å². The highest BCUT2D eigenvalue weighted by molar-refractivity contribution is 6.36. The summed E-state index contributed by atoms with van der Waals surface area (Å²) in [6, 6.07) is 8.21. The Morgan fingerprint density at radius 1 is 1.13 bits per heavy atom. The largest absolute Gasteiger partial charge is 0.508 e. The summed E-state index contributed by atoms with van der Waals surface area (Å²) in [5, 5.41) is 13.3. The minimum Gasteiger partial charge on any atom is -0.508 e. The summed E-state index contributed by atoms with van der Waals surface area (Å²) in [4.78, 5) is 14.5. The Bertz CT molecular complexity index is 1100. The Balaban J connectivity index is 1.84. The number of carbonyl (C=O) groups is 1. The molecule has 1 aromatic carbocycles. The summed E-state index contributed by atoms with van der Waals surface area (Å²) < 4.78 is 42.0. The van der Waals surface area contributed by atoms with Crippen LogP contribution in [0.3, 0.4) is 0 Å². The number of rotatable bonds is 2. The number of halogens is 4. The average Bonchev–Trinajstić information content (AvgIpc) is 3.04. The SMILES string of the molecule is CC1CCN(C(=O)c2nn3c(C(F)(F)F)cc(-c4ccc(O)cc4)cc3c2Cl)CC1. The molecule has 0 bridgehead atoms. The Labute approximate surface area is 175 Å². The molecule has 9 heteroatoms. The van der Waals surface area contributed by atoms with Crippen LogP contribution >= 0.6 is 11.6 Å². The highest BCUT2D eigenvalue weighted by Gasteiger charge is 2.36. The molecule has 1 fully saturated rings. The second-order valence-corrected chi connectivity index (χ2v) is 7.99. The Hall–Kier alpha value is -2.74. The molecule has 0 atom stereocenters. The maximum atomic E-state index is 13.8. The van der Waals surface area contributed by atoms with Crippen LogP contribution in [0, 0.1) is 5.92 Å². The van der Waals surface area contributed by atoms with Gasteiger partial charge in [0.25, 0.3) is 5.91 Å². The fraction of sp³-hybridized carbons (Fsp3) is 0.333. The summed E-state index contributed by atoms with van der Waals surface area (Å²) in [6.45, 7) is 3.14. The molecule has 1 aliphatic heterocycles. The van der Waals surface area contributed by atoms with Gasteiger partial charge in [0, 0.05) is 13.1 Å². The van der Waals surface area contributed by atoms with Crippen LogP contribution < -0.4 is 0 Å². The van der Waals surface area contributed by atoms with Crippen molar-refractivity contribution in [3.05, 3.63) is 52.8 Å². The minimum atomic E-state index is -4.71. The Morgan fingerprint density at radius 3 is 2.37 bits per heavy atom. The van der Waals surface area contributed by atoms with Crippen LogP contribution in [0.15, 0.2) is 36.4 Å². The molecule has 3 aromatic rings. The van der Waals surface area contributed by atoms with Gasteiger partial charge in [0.2, 0.25) is 0 Å². The maximum Gasteiger partial charge on any atom is 0.433 e. The minimum absolute atomic E-state index is 0.00184. The van der Waals surface area contributed by atoms with Gasteiger partial charge in [-0.25, -0.2) is 4.52 Å². The first-order valence-electron chi connectivity index (χ1n) is 9.53. The number of piperidine rings is 1. The number of fused-ring (bicyclic) bond motifs is 1. The zero-order chi connectivity index (χ0) is 21.6. The number of aromatic hydroxyl groups is 1. The van der Waals surface area contributed by atoms with Gasteiger partial charge >= 0.3 is 6.18 Å². The topological polar surface area (TPSA) is 57.8 Å². The number of alkyl halides is 3. The van der Waals surface area contributed by atoms with Gasteiger partial charge in [0.05, 0.1) is 10.5 Å². The van der Waals surface area contributed by atoms with Crippen molar-refractivity contribution in [3.63, 3.8) is 0 Å². The van der Waals surface area contributed by atoms with E-state index < -0.39 is 17.8 Å². The second kappa shape index (κ2) is 7.50. The zero-order valence-corrected chi connectivity index (χ0v) is 16.8. The number of hydrogen-bond acceptors (Lipinski definition) is 3. The summed E-state index contributed by atoms with van der Waals surface area (Å²) in [5.74, 6) is 0.0344. The Kier molecular flexibility index (Phi) is 5.13. The smallest absolute Gasteiger partial charge is 0.433 e. The molecule has 1 amide bonds. The van der Waals surface area contributed by atoms with Crippen molar-refractivity contribution in [3.8, 4) is 16.9 Å². The third-order valence-corrected chi connectivity index (χ3v) is 5.81. The standard InChI is InChI=1S/C21H19ClF3N3O2/c1-12-6-8-27(9-7-12)20(30)19-18(22)16-10-14(13-2-4-15(29)5-3-13)11-17(21(23,24)25)28(16)26-19/h2-5,10-12,29H,6-9H2,1H3. The normalized spacial score (nSPS) is 15.7. The van der Waals surface area contributed by atoms with Crippen LogP contribution in [-0.4, -0.2) is 38.6 Å². The number of benzene rings is 1.